The van der Waals surface area contributed by atoms with Gasteiger partial charge in [-0.05, 0) is 6.07 Å². The maximum absolute atomic E-state index is 13.4. The van der Waals surface area contributed by atoms with Crippen molar-refractivity contribution in [2.45, 2.75) is 0 Å². The highest BCUT2D eigenvalue weighted by Gasteiger charge is 2.23. The molecule has 6 heteroatoms. The molecule has 2 rings (SSSR count). The molecule has 2 aromatic rings. The third-order valence-corrected chi connectivity index (χ3v) is 2.33. The molecule has 0 nitrogen and oxygen atoms in total. The Hall–Kier alpha value is -1.98. The zero-order chi connectivity index (χ0) is 13.4. The van der Waals surface area contributed by atoms with Gasteiger partial charge in [-0.25, -0.2) is 26.3 Å². The molecule has 0 saturated heterocycles. The molecule has 18 heavy (non-hydrogen) atoms. The lowest BCUT2D eigenvalue weighted by atomic mass is 10.0. The van der Waals surface area contributed by atoms with Crippen molar-refractivity contribution in [3.05, 3.63) is 59.2 Å². The first-order valence-corrected chi connectivity index (χ1v) is 4.71. The van der Waals surface area contributed by atoms with E-state index < -0.39 is 46.0 Å². The van der Waals surface area contributed by atoms with Gasteiger partial charge in [0.25, 0.3) is 0 Å². The number of benzene rings is 2. The second kappa shape index (κ2) is 4.36. The molecule has 0 fully saturated rings. The van der Waals surface area contributed by atoms with Gasteiger partial charge in [0.2, 0.25) is 0 Å². The van der Waals surface area contributed by atoms with Gasteiger partial charge in [0.15, 0.2) is 34.9 Å². The predicted molar refractivity (Wildman–Crippen MR) is 51.6 cm³/mol. The minimum absolute atomic E-state index is 0.00856. The van der Waals surface area contributed by atoms with Crippen molar-refractivity contribution in [3.8, 4) is 11.1 Å². The second-order valence-electron chi connectivity index (χ2n) is 3.44. The molecule has 0 spiro atoms. The fourth-order valence-corrected chi connectivity index (χ4v) is 1.51. The Morgan fingerprint density at radius 3 is 1.72 bits per heavy atom. The molecular weight excluding hydrogens is 258 g/mol. The Balaban J connectivity index is 2.83. The van der Waals surface area contributed by atoms with Crippen LogP contribution in [0.15, 0.2) is 24.3 Å². The molecule has 0 aliphatic carbocycles. The van der Waals surface area contributed by atoms with Crippen LogP contribution in [0.25, 0.3) is 11.1 Å². The van der Waals surface area contributed by atoms with Crippen LogP contribution >= 0.6 is 0 Å². The van der Waals surface area contributed by atoms with Crippen LogP contribution in [0.2, 0.25) is 0 Å². The predicted octanol–water partition coefficient (Wildman–Crippen LogP) is 4.19. The van der Waals surface area contributed by atoms with E-state index in [4.69, 9.17) is 0 Å². The van der Waals surface area contributed by atoms with E-state index in [9.17, 15) is 26.3 Å². The standard InChI is InChI=1S/C12H4F6/c13-6-3-1-2-5(10(6)16)9-11(17)7(14)4-8(15)12(9)18/h1-4H. The lowest BCUT2D eigenvalue weighted by Gasteiger charge is -2.08. The van der Waals surface area contributed by atoms with Crippen molar-refractivity contribution in [1.29, 1.82) is 0 Å². The summed E-state index contributed by atoms with van der Waals surface area (Å²) in [5, 5.41) is 0. The lowest BCUT2D eigenvalue weighted by molar-refractivity contribution is 0.455. The van der Waals surface area contributed by atoms with Crippen LogP contribution in [-0.4, -0.2) is 0 Å². The Labute approximate surface area is 97.5 Å². The van der Waals surface area contributed by atoms with E-state index in [2.05, 4.69) is 0 Å². The number of rotatable bonds is 1. The molecule has 0 atom stereocenters. The highest BCUT2D eigenvalue weighted by atomic mass is 19.2. The highest BCUT2D eigenvalue weighted by Crippen LogP contribution is 2.31. The van der Waals surface area contributed by atoms with Crippen molar-refractivity contribution < 1.29 is 26.3 Å². The average Bonchev–Trinajstić information content (AvgIpc) is 2.32. The summed E-state index contributed by atoms with van der Waals surface area (Å²) in [5.41, 5.74) is -2.16. The summed E-state index contributed by atoms with van der Waals surface area (Å²) in [7, 11) is 0. The van der Waals surface area contributed by atoms with Gasteiger partial charge in [0.1, 0.15) is 0 Å². The van der Waals surface area contributed by atoms with Crippen LogP contribution < -0.4 is 0 Å². The van der Waals surface area contributed by atoms with Gasteiger partial charge in [-0.1, -0.05) is 12.1 Å². The molecule has 0 radical (unpaired) electrons. The average molecular weight is 262 g/mol. The number of hydrogen-bond donors (Lipinski definition) is 0. The fourth-order valence-electron chi connectivity index (χ4n) is 1.51. The molecule has 0 unspecified atom stereocenters. The van der Waals surface area contributed by atoms with Gasteiger partial charge in [-0.2, -0.15) is 0 Å². The molecule has 0 aromatic heterocycles. The van der Waals surface area contributed by atoms with Gasteiger partial charge < -0.3 is 0 Å². The number of halogens is 6. The van der Waals surface area contributed by atoms with Gasteiger partial charge in [-0.15, -0.1) is 0 Å². The normalized spacial score (nSPS) is 10.8. The van der Waals surface area contributed by atoms with Crippen LogP contribution in [0, 0.1) is 34.9 Å². The summed E-state index contributed by atoms with van der Waals surface area (Å²) in [6.45, 7) is 0. The molecule has 0 bridgehead atoms. The molecule has 0 heterocycles. The smallest absolute Gasteiger partial charge is 0.169 e. The van der Waals surface area contributed by atoms with E-state index in [-0.39, 0.29) is 6.07 Å². The molecule has 0 aliphatic heterocycles. The Morgan fingerprint density at radius 2 is 1.17 bits per heavy atom. The van der Waals surface area contributed by atoms with E-state index in [1.54, 1.807) is 0 Å². The summed E-state index contributed by atoms with van der Waals surface area (Å²) in [6.07, 6.45) is 0. The molecular formula is C12H4F6. The van der Waals surface area contributed by atoms with Crippen LogP contribution in [0.3, 0.4) is 0 Å². The highest BCUT2D eigenvalue weighted by molar-refractivity contribution is 5.66. The summed E-state index contributed by atoms with van der Waals surface area (Å²) in [4.78, 5) is 0. The van der Waals surface area contributed by atoms with E-state index in [0.717, 1.165) is 12.1 Å². The van der Waals surface area contributed by atoms with E-state index in [1.165, 1.54) is 0 Å². The van der Waals surface area contributed by atoms with Crippen molar-refractivity contribution in [2.24, 2.45) is 0 Å². The largest absolute Gasteiger partial charge is 0.204 e. The first-order chi connectivity index (χ1) is 8.43. The van der Waals surface area contributed by atoms with Crippen LogP contribution in [0.1, 0.15) is 0 Å². The number of hydrogen-bond acceptors (Lipinski definition) is 0. The maximum atomic E-state index is 13.4. The van der Waals surface area contributed by atoms with Crippen molar-refractivity contribution in [2.75, 3.05) is 0 Å². The van der Waals surface area contributed by atoms with Crippen molar-refractivity contribution in [1.82, 2.24) is 0 Å². The van der Waals surface area contributed by atoms with Crippen molar-refractivity contribution in [3.63, 3.8) is 0 Å². The lowest BCUT2D eigenvalue weighted by Crippen LogP contribution is -2.01. The maximum Gasteiger partial charge on any atom is 0.169 e. The minimum atomic E-state index is -1.78. The second-order valence-corrected chi connectivity index (χ2v) is 3.44. The van der Waals surface area contributed by atoms with Gasteiger partial charge in [0.05, 0.1) is 5.56 Å². The summed E-state index contributed by atoms with van der Waals surface area (Å²) in [6, 6.07) is 2.49. The Kier molecular flexibility index (Phi) is 3.02. The monoisotopic (exact) mass is 262 g/mol. The first kappa shape index (κ1) is 12.5. The molecule has 0 N–H and O–H groups in total. The van der Waals surface area contributed by atoms with Gasteiger partial charge in [0, 0.05) is 11.6 Å². The Morgan fingerprint density at radius 1 is 0.611 bits per heavy atom. The molecule has 0 aliphatic rings. The molecule has 0 amide bonds. The SMILES string of the molecule is Fc1cccc(-c2c(F)c(F)cc(F)c2F)c1F. The summed E-state index contributed by atoms with van der Waals surface area (Å²) in [5.74, 6) is -9.90. The third-order valence-electron chi connectivity index (χ3n) is 2.33. The van der Waals surface area contributed by atoms with E-state index in [0.29, 0.717) is 6.07 Å². The minimum Gasteiger partial charge on any atom is -0.204 e. The van der Waals surface area contributed by atoms with Gasteiger partial charge >= 0.3 is 0 Å². The Bertz CT molecular complexity index is 594. The quantitative estimate of drug-likeness (QED) is 0.534. The van der Waals surface area contributed by atoms with Gasteiger partial charge in [-0.3, -0.25) is 0 Å². The van der Waals surface area contributed by atoms with Crippen LogP contribution in [0.5, 0.6) is 0 Å². The van der Waals surface area contributed by atoms with E-state index in [1.807, 2.05) is 0 Å². The summed E-state index contributed by atoms with van der Waals surface area (Å²) < 4.78 is 78.9. The molecule has 2 aromatic carbocycles. The van der Waals surface area contributed by atoms with Crippen LogP contribution in [0.4, 0.5) is 26.3 Å². The zero-order valence-electron chi connectivity index (χ0n) is 8.58. The zero-order valence-corrected chi connectivity index (χ0v) is 8.58. The molecule has 94 valence electrons. The fraction of sp³-hybridized carbons (Fsp3) is 0. The van der Waals surface area contributed by atoms with E-state index >= 15 is 0 Å². The molecule has 0 saturated carbocycles. The third kappa shape index (κ3) is 1.83. The van der Waals surface area contributed by atoms with Crippen molar-refractivity contribution >= 4 is 0 Å². The van der Waals surface area contributed by atoms with Crippen LogP contribution in [-0.2, 0) is 0 Å². The topological polar surface area (TPSA) is 0 Å². The first-order valence-electron chi connectivity index (χ1n) is 4.71. The summed E-state index contributed by atoms with van der Waals surface area (Å²) >= 11 is 0.